The summed E-state index contributed by atoms with van der Waals surface area (Å²) >= 11 is 0. The van der Waals surface area contributed by atoms with Gasteiger partial charge in [-0.25, -0.2) is 0 Å². The quantitative estimate of drug-likeness (QED) is 0.854. The molecule has 0 radical (unpaired) electrons. The molecule has 0 heterocycles. The highest BCUT2D eigenvalue weighted by molar-refractivity contribution is 5.95. The summed E-state index contributed by atoms with van der Waals surface area (Å²) in [4.78, 5) is 23.3. The predicted molar refractivity (Wildman–Crippen MR) is 92.5 cm³/mol. The zero-order valence-corrected chi connectivity index (χ0v) is 13.8. The Labute approximate surface area is 140 Å². The second-order valence-electron chi connectivity index (χ2n) is 5.19. The lowest BCUT2D eigenvalue weighted by atomic mass is 10.2. The second kappa shape index (κ2) is 8.01. The van der Waals surface area contributed by atoms with Crippen molar-refractivity contribution in [3.63, 3.8) is 0 Å². The van der Waals surface area contributed by atoms with Gasteiger partial charge in [-0.2, -0.15) is 0 Å². The van der Waals surface area contributed by atoms with Gasteiger partial charge in [0, 0.05) is 18.3 Å². The number of rotatable bonds is 6. The van der Waals surface area contributed by atoms with E-state index >= 15 is 0 Å². The summed E-state index contributed by atoms with van der Waals surface area (Å²) < 4.78 is 10.7. The van der Waals surface area contributed by atoms with Crippen LogP contribution in [0.2, 0.25) is 0 Å². The van der Waals surface area contributed by atoms with Gasteiger partial charge in [-0.05, 0) is 49.4 Å². The van der Waals surface area contributed by atoms with E-state index in [1.54, 1.807) is 62.6 Å². The number of carbonyl (C=O) groups is 2. The van der Waals surface area contributed by atoms with E-state index < -0.39 is 6.10 Å². The summed E-state index contributed by atoms with van der Waals surface area (Å²) in [6.45, 7) is 3.09. The Bertz CT molecular complexity index is 713. The Kier molecular flexibility index (Phi) is 5.78. The molecule has 2 N–H and O–H groups in total. The molecule has 0 fully saturated rings. The first-order valence-corrected chi connectivity index (χ1v) is 7.47. The second-order valence-corrected chi connectivity index (χ2v) is 5.19. The topological polar surface area (TPSA) is 76.7 Å². The van der Waals surface area contributed by atoms with Gasteiger partial charge < -0.3 is 20.1 Å². The molecule has 2 aromatic rings. The lowest BCUT2D eigenvalue weighted by Gasteiger charge is -2.15. The molecule has 0 saturated heterocycles. The average Bonchev–Trinajstić information content (AvgIpc) is 2.55. The van der Waals surface area contributed by atoms with E-state index in [2.05, 4.69) is 10.6 Å². The molecule has 1 atom stereocenters. The van der Waals surface area contributed by atoms with E-state index in [4.69, 9.17) is 9.47 Å². The van der Waals surface area contributed by atoms with Crippen LogP contribution in [0.4, 0.5) is 11.4 Å². The van der Waals surface area contributed by atoms with Gasteiger partial charge in [0.25, 0.3) is 5.91 Å². The Morgan fingerprint density at radius 1 is 0.958 bits per heavy atom. The molecule has 2 aromatic carbocycles. The Morgan fingerprint density at radius 2 is 1.54 bits per heavy atom. The molecule has 0 aliphatic rings. The third kappa shape index (κ3) is 5.01. The number of amides is 2. The number of carbonyl (C=O) groups excluding carboxylic acids is 2. The molecule has 6 heteroatoms. The van der Waals surface area contributed by atoms with Crippen LogP contribution in [0, 0.1) is 0 Å². The minimum absolute atomic E-state index is 0.172. The first-order chi connectivity index (χ1) is 11.5. The fourth-order valence-corrected chi connectivity index (χ4v) is 2.03. The van der Waals surface area contributed by atoms with Crippen molar-refractivity contribution in [2.45, 2.75) is 20.0 Å². The van der Waals surface area contributed by atoms with Crippen molar-refractivity contribution in [2.75, 3.05) is 17.7 Å². The molecule has 0 saturated carbocycles. The molecular formula is C18H20N2O4. The van der Waals surface area contributed by atoms with Crippen molar-refractivity contribution in [2.24, 2.45) is 0 Å². The lowest BCUT2D eigenvalue weighted by molar-refractivity contribution is -0.122. The van der Waals surface area contributed by atoms with Gasteiger partial charge in [-0.15, -0.1) is 0 Å². The summed E-state index contributed by atoms with van der Waals surface area (Å²) in [6, 6.07) is 13.9. The Hall–Kier alpha value is -3.02. The minimum Gasteiger partial charge on any atom is -0.497 e. The molecule has 0 bridgehead atoms. The number of nitrogens with one attached hydrogen (secondary N) is 2. The number of hydrogen-bond acceptors (Lipinski definition) is 4. The third-order valence-corrected chi connectivity index (χ3v) is 3.19. The van der Waals surface area contributed by atoms with Gasteiger partial charge in [0.15, 0.2) is 6.10 Å². The lowest BCUT2D eigenvalue weighted by Crippen LogP contribution is -2.30. The zero-order chi connectivity index (χ0) is 17.5. The third-order valence-electron chi connectivity index (χ3n) is 3.19. The largest absolute Gasteiger partial charge is 0.497 e. The van der Waals surface area contributed by atoms with Crippen molar-refractivity contribution in [1.29, 1.82) is 0 Å². The monoisotopic (exact) mass is 328 g/mol. The van der Waals surface area contributed by atoms with Crippen LogP contribution in [0.25, 0.3) is 0 Å². The molecule has 0 aliphatic heterocycles. The normalized spacial score (nSPS) is 11.3. The molecule has 2 rings (SSSR count). The molecule has 0 aromatic heterocycles. The van der Waals surface area contributed by atoms with Crippen molar-refractivity contribution in [3.8, 4) is 11.5 Å². The smallest absolute Gasteiger partial charge is 0.265 e. The maximum Gasteiger partial charge on any atom is 0.265 e. The van der Waals surface area contributed by atoms with Gasteiger partial charge in [-0.3, -0.25) is 9.59 Å². The number of ether oxygens (including phenoxy) is 2. The SMILES string of the molecule is COc1ccc(OC(C)C(=O)Nc2cccc(NC(C)=O)c2)cc1. The van der Waals surface area contributed by atoms with Crippen molar-refractivity contribution < 1.29 is 19.1 Å². The van der Waals surface area contributed by atoms with Crippen LogP contribution in [0.3, 0.4) is 0 Å². The molecule has 126 valence electrons. The van der Waals surface area contributed by atoms with Crippen LogP contribution in [0.5, 0.6) is 11.5 Å². The summed E-state index contributed by atoms with van der Waals surface area (Å²) in [5.74, 6) is 0.833. The summed E-state index contributed by atoms with van der Waals surface area (Å²) in [5, 5.41) is 5.42. The first-order valence-electron chi connectivity index (χ1n) is 7.47. The fourth-order valence-electron chi connectivity index (χ4n) is 2.03. The first kappa shape index (κ1) is 17.3. The maximum absolute atomic E-state index is 12.2. The molecule has 2 amide bonds. The predicted octanol–water partition coefficient (Wildman–Crippen LogP) is 3.06. The van der Waals surface area contributed by atoms with Gasteiger partial charge in [0.05, 0.1) is 7.11 Å². The molecule has 1 unspecified atom stereocenters. The van der Waals surface area contributed by atoms with Crippen molar-refractivity contribution in [1.82, 2.24) is 0 Å². The van der Waals surface area contributed by atoms with Gasteiger partial charge in [-0.1, -0.05) is 6.07 Å². The van der Waals surface area contributed by atoms with Gasteiger partial charge >= 0.3 is 0 Å². The highest BCUT2D eigenvalue weighted by Gasteiger charge is 2.15. The van der Waals surface area contributed by atoms with Crippen LogP contribution in [0.1, 0.15) is 13.8 Å². The van der Waals surface area contributed by atoms with Crippen LogP contribution in [0.15, 0.2) is 48.5 Å². The highest BCUT2D eigenvalue weighted by atomic mass is 16.5. The van der Waals surface area contributed by atoms with Crippen LogP contribution < -0.4 is 20.1 Å². The van der Waals surface area contributed by atoms with E-state index in [0.717, 1.165) is 0 Å². The van der Waals surface area contributed by atoms with E-state index in [0.29, 0.717) is 22.9 Å². The number of hydrogen-bond donors (Lipinski definition) is 2. The van der Waals surface area contributed by atoms with E-state index in [1.807, 2.05) is 0 Å². The van der Waals surface area contributed by atoms with Crippen LogP contribution in [-0.2, 0) is 9.59 Å². The summed E-state index contributed by atoms with van der Waals surface area (Å²) in [6.07, 6.45) is -0.678. The number of benzene rings is 2. The standard InChI is InChI=1S/C18H20N2O4/c1-12(24-17-9-7-16(23-3)8-10-17)18(22)20-15-6-4-5-14(11-15)19-13(2)21/h4-12H,1-3H3,(H,19,21)(H,20,22). The van der Waals surface area contributed by atoms with E-state index in [-0.39, 0.29) is 11.8 Å². The molecule has 0 spiro atoms. The fraction of sp³-hybridized carbons (Fsp3) is 0.222. The Morgan fingerprint density at radius 3 is 2.12 bits per heavy atom. The Balaban J connectivity index is 1.96. The van der Waals surface area contributed by atoms with Gasteiger partial charge in [0.1, 0.15) is 11.5 Å². The van der Waals surface area contributed by atoms with Gasteiger partial charge in [0.2, 0.25) is 5.91 Å². The average molecular weight is 328 g/mol. The van der Waals surface area contributed by atoms with E-state index in [9.17, 15) is 9.59 Å². The van der Waals surface area contributed by atoms with Crippen LogP contribution >= 0.6 is 0 Å². The van der Waals surface area contributed by atoms with E-state index in [1.165, 1.54) is 6.92 Å². The molecule has 6 nitrogen and oxygen atoms in total. The summed E-state index contributed by atoms with van der Waals surface area (Å²) in [5.41, 5.74) is 1.19. The summed E-state index contributed by atoms with van der Waals surface area (Å²) in [7, 11) is 1.58. The zero-order valence-electron chi connectivity index (χ0n) is 13.8. The van der Waals surface area contributed by atoms with Crippen LogP contribution in [-0.4, -0.2) is 25.0 Å². The number of methoxy groups -OCH3 is 1. The molecular weight excluding hydrogens is 308 g/mol. The molecule has 24 heavy (non-hydrogen) atoms. The number of anilines is 2. The minimum atomic E-state index is -0.678. The maximum atomic E-state index is 12.2. The molecule has 0 aliphatic carbocycles. The van der Waals surface area contributed by atoms with Crippen molar-refractivity contribution in [3.05, 3.63) is 48.5 Å². The highest BCUT2D eigenvalue weighted by Crippen LogP contribution is 2.19. The van der Waals surface area contributed by atoms with Crippen molar-refractivity contribution >= 4 is 23.2 Å².